The Morgan fingerprint density at radius 1 is 1.00 bits per heavy atom. The standard InChI is InChI=1S/C11H18/c1-2-6-10-8-4-5-9-11(10)7-3-1/h8,11H,1-7,9H2/t11-/m1/s1. The first-order valence-electron chi connectivity index (χ1n) is 5.16. The van der Waals surface area contributed by atoms with Gasteiger partial charge in [-0.3, -0.25) is 0 Å². The Balaban J connectivity index is 2.07. The van der Waals surface area contributed by atoms with Gasteiger partial charge in [0.15, 0.2) is 0 Å². The molecule has 0 heterocycles. The van der Waals surface area contributed by atoms with Gasteiger partial charge in [0.05, 0.1) is 0 Å². The van der Waals surface area contributed by atoms with Crippen molar-refractivity contribution in [3.8, 4) is 0 Å². The SMILES string of the molecule is C1=C2CCCCC[C@@H]2CCC1. The first-order valence-corrected chi connectivity index (χ1v) is 5.16. The van der Waals surface area contributed by atoms with Crippen molar-refractivity contribution >= 4 is 0 Å². The Morgan fingerprint density at radius 2 is 1.91 bits per heavy atom. The molecule has 0 aromatic carbocycles. The second-order valence-electron chi connectivity index (χ2n) is 4.01. The van der Waals surface area contributed by atoms with Gasteiger partial charge in [-0.15, -0.1) is 0 Å². The fraction of sp³-hybridized carbons (Fsp3) is 0.818. The van der Waals surface area contributed by atoms with E-state index in [0.29, 0.717) is 0 Å². The maximum Gasteiger partial charge on any atom is -0.0203 e. The average molecular weight is 150 g/mol. The average Bonchev–Trinajstić information content (AvgIpc) is 2.28. The predicted molar refractivity (Wildman–Crippen MR) is 48.5 cm³/mol. The zero-order valence-corrected chi connectivity index (χ0v) is 7.31. The highest BCUT2D eigenvalue weighted by molar-refractivity contribution is 5.10. The number of allylic oxidation sites excluding steroid dienone is 2. The van der Waals surface area contributed by atoms with E-state index in [9.17, 15) is 0 Å². The zero-order valence-electron chi connectivity index (χ0n) is 7.31. The molecule has 1 fully saturated rings. The van der Waals surface area contributed by atoms with E-state index in [1.165, 1.54) is 51.4 Å². The second kappa shape index (κ2) is 3.42. The minimum atomic E-state index is 1.01. The van der Waals surface area contributed by atoms with Gasteiger partial charge in [-0.05, 0) is 44.4 Å². The zero-order chi connectivity index (χ0) is 7.52. The molecule has 0 heteroatoms. The highest BCUT2D eigenvalue weighted by Gasteiger charge is 2.18. The molecule has 11 heavy (non-hydrogen) atoms. The van der Waals surface area contributed by atoms with Crippen molar-refractivity contribution < 1.29 is 0 Å². The molecule has 1 atom stereocenters. The van der Waals surface area contributed by atoms with Crippen LogP contribution in [0.1, 0.15) is 51.4 Å². The van der Waals surface area contributed by atoms with Crippen LogP contribution in [0.2, 0.25) is 0 Å². The molecule has 62 valence electrons. The van der Waals surface area contributed by atoms with Crippen molar-refractivity contribution in [2.24, 2.45) is 5.92 Å². The summed E-state index contributed by atoms with van der Waals surface area (Å²) in [6.07, 6.45) is 14.2. The summed E-state index contributed by atoms with van der Waals surface area (Å²) in [7, 11) is 0. The van der Waals surface area contributed by atoms with Gasteiger partial charge in [-0.1, -0.05) is 24.5 Å². The lowest BCUT2D eigenvalue weighted by Crippen LogP contribution is -2.06. The van der Waals surface area contributed by atoms with Gasteiger partial charge in [-0.2, -0.15) is 0 Å². The molecular formula is C11H18. The van der Waals surface area contributed by atoms with E-state index in [1.54, 1.807) is 0 Å². The summed E-state index contributed by atoms with van der Waals surface area (Å²) in [4.78, 5) is 0. The molecule has 0 saturated heterocycles. The lowest BCUT2D eigenvalue weighted by molar-refractivity contribution is 0.473. The van der Waals surface area contributed by atoms with Crippen molar-refractivity contribution in [2.75, 3.05) is 0 Å². The van der Waals surface area contributed by atoms with Crippen molar-refractivity contribution in [3.63, 3.8) is 0 Å². The van der Waals surface area contributed by atoms with Gasteiger partial charge in [0.25, 0.3) is 0 Å². The first-order chi connectivity index (χ1) is 5.47. The molecule has 1 saturated carbocycles. The molecule has 0 aliphatic heterocycles. The van der Waals surface area contributed by atoms with Crippen LogP contribution in [0.25, 0.3) is 0 Å². The third-order valence-corrected chi connectivity index (χ3v) is 3.21. The van der Waals surface area contributed by atoms with Crippen LogP contribution in [0.4, 0.5) is 0 Å². The van der Waals surface area contributed by atoms with Gasteiger partial charge in [0, 0.05) is 0 Å². The van der Waals surface area contributed by atoms with E-state index < -0.39 is 0 Å². The molecule has 0 aromatic rings. The van der Waals surface area contributed by atoms with Crippen LogP contribution in [0, 0.1) is 5.92 Å². The Labute approximate surface area is 69.7 Å². The Bertz CT molecular complexity index is 155. The molecule has 0 radical (unpaired) electrons. The Kier molecular flexibility index (Phi) is 2.30. The minimum absolute atomic E-state index is 1.01. The lowest BCUT2D eigenvalue weighted by atomic mass is 9.85. The highest BCUT2D eigenvalue weighted by atomic mass is 14.2. The van der Waals surface area contributed by atoms with Crippen molar-refractivity contribution in [2.45, 2.75) is 51.4 Å². The molecule has 2 rings (SSSR count). The predicted octanol–water partition coefficient (Wildman–Crippen LogP) is 3.68. The van der Waals surface area contributed by atoms with E-state index in [-0.39, 0.29) is 0 Å². The van der Waals surface area contributed by atoms with E-state index in [4.69, 9.17) is 0 Å². The topological polar surface area (TPSA) is 0 Å². The quantitative estimate of drug-likeness (QED) is 0.462. The molecule has 2 aliphatic rings. The summed E-state index contributed by atoms with van der Waals surface area (Å²) in [6, 6.07) is 0. The molecular weight excluding hydrogens is 132 g/mol. The number of hydrogen-bond donors (Lipinski definition) is 0. The fourth-order valence-corrected chi connectivity index (χ4v) is 2.54. The van der Waals surface area contributed by atoms with Crippen LogP contribution in [0.3, 0.4) is 0 Å². The third-order valence-electron chi connectivity index (χ3n) is 3.21. The van der Waals surface area contributed by atoms with Gasteiger partial charge in [0.2, 0.25) is 0 Å². The Morgan fingerprint density at radius 3 is 2.91 bits per heavy atom. The number of fused-ring (bicyclic) bond motifs is 1. The number of hydrogen-bond acceptors (Lipinski definition) is 0. The second-order valence-corrected chi connectivity index (χ2v) is 4.01. The van der Waals surface area contributed by atoms with E-state index in [1.807, 2.05) is 5.57 Å². The molecule has 0 aromatic heterocycles. The summed E-state index contributed by atoms with van der Waals surface area (Å²) in [5, 5.41) is 0. The monoisotopic (exact) mass is 150 g/mol. The summed E-state index contributed by atoms with van der Waals surface area (Å²) in [5.41, 5.74) is 1.81. The minimum Gasteiger partial charge on any atom is -0.0851 e. The molecule has 0 amide bonds. The fourth-order valence-electron chi connectivity index (χ4n) is 2.54. The van der Waals surface area contributed by atoms with Crippen LogP contribution in [0.5, 0.6) is 0 Å². The van der Waals surface area contributed by atoms with Crippen LogP contribution in [-0.2, 0) is 0 Å². The number of rotatable bonds is 0. The summed E-state index contributed by atoms with van der Waals surface area (Å²) < 4.78 is 0. The van der Waals surface area contributed by atoms with Gasteiger partial charge >= 0.3 is 0 Å². The van der Waals surface area contributed by atoms with Crippen molar-refractivity contribution in [3.05, 3.63) is 11.6 Å². The van der Waals surface area contributed by atoms with Gasteiger partial charge in [0.1, 0.15) is 0 Å². The molecule has 0 unspecified atom stereocenters. The van der Waals surface area contributed by atoms with Gasteiger partial charge in [-0.25, -0.2) is 0 Å². The lowest BCUT2D eigenvalue weighted by Gasteiger charge is -2.21. The summed E-state index contributed by atoms with van der Waals surface area (Å²) in [6.45, 7) is 0. The van der Waals surface area contributed by atoms with Crippen LogP contribution < -0.4 is 0 Å². The van der Waals surface area contributed by atoms with Crippen molar-refractivity contribution in [1.82, 2.24) is 0 Å². The van der Waals surface area contributed by atoms with E-state index in [0.717, 1.165) is 5.92 Å². The maximum atomic E-state index is 2.53. The maximum absolute atomic E-state index is 2.53. The molecule has 0 bridgehead atoms. The van der Waals surface area contributed by atoms with Crippen molar-refractivity contribution in [1.29, 1.82) is 0 Å². The molecule has 2 aliphatic carbocycles. The molecule has 0 nitrogen and oxygen atoms in total. The van der Waals surface area contributed by atoms with Crippen LogP contribution >= 0.6 is 0 Å². The Hall–Kier alpha value is -0.260. The van der Waals surface area contributed by atoms with Gasteiger partial charge < -0.3 is 0 Å². The molecule has 0 N–H and O–H groups in total. The molecule has 0 spiro atoms. The smallest absolute Gasteiger partial charge is 0.0203 e. The normalized spacial score (nSPS) is 32.0. The van der Waals surface area contributed by atoms with E-state index in [2.05, 4.69) is 6.08 Å². The summed E-state index contributed by atoms with van der Waals surface area (Å²) >= 11 is 0. The summed E-state index contributed by atoms with van der Waals surface area (Å²) in [5.74, 6) is 1.01. The van der Waals surface area contributed by atoms with Crippen LogP contribution in [-0.4, -0.2) is 0 Å². The van der Waals surface area contributed by atoms with E-state index >= 15 is 0 Å². The largest absolute Gasteiger partial charge is 0.0851 e. The first kappa shape index (κ1) is 7.39. The van der Waals surface area contributed by atoms with Crippen LogP contribution in [0.15, 0.2) is 11.6 Å². The third kappa shape index (κ3) is 1.66. The highest BCUT2D eigenvalue weighted by Crippen LogP contribution is 2.34.